The fraction of sp³-hybridized carbons (Fsp3) is 0.667. The van der Waals surface area contributed by atoms with Crippen LogP contribution in [-0.2, 0) is 0 Å². The number of nitrogens with zero attached hydrogens (tertiary/aromatic N) is 2. The molecule has 2 N–H and O–H groups in total. The van der Waals surface area contributed by atoms with E-state index in [1.807, 2.05) is 6.92 Å². The van der Waals surface area contributed by atoms with E-state index in [0.29, 0.717) is 16.8 Å². The van der Waals surface area contributed by atoms with E-state index in [4.69, 9.17) is 11.6 Å². The van der Waals surface area contributed by atoms with Gasteiger partial charge in [0.25, 0.3) is 0 Å². The van der Waals surface area contributed by atoms with E-state index >= 15 is 0 Å². The molecule has 5 heteroatoms. The Balaban J connectivity index is 2.86. The van der Waals surface area contributed by atoms with Gasteiger partial charge >= 0.3 is 0 Å². The highest BCUT2D eigenvalue weighted by molar-refractivity contribution is 6.32. The predicted molar refractivity (Wildman–Crippen MR) is 73.7 cm³/mol. The zero-order valence-corrected chi connectivity index (χ0v) is 11.9. The Hall–Kier alpha value is -1.03. The van der Waals surface area contributed by atoms with Crippen LogP contribution in [0.25, 0.3) is 0 Å². The second-order valence-corrected chi connectivity index (χ2v) is 5.56. The Morgan fingerprint density at radius 2 is 2.06 bits per heavy atom. The average Bonchev–Trinajstić information content (AvgIpc) is 2.22. The van der Waals surface area contributed by atoms with Crippen molar-refractivity contribution in [2.75, 3.05) is 17.2 Å². The van der Waals surface area contributed by atoms with Crippen molar-refractivity contribution in [3.8, 4) is 0 Å². The molecular weight excluding hydrogens is 236 g/mol. The Morgan fingerprint density at radius 1 is 1.41 bits per heavy atom. The van der Waals surface area contributed by atoms with Crippen LogP contribution in [-0.4, -0.2) is 22.6 Å². The molecule has 0 aliphatic heterocycles. The molecule has 0 radical (unpaired) electrons. The maximum Gasteiger partial charge on any atom is 0.224 e. The molecule has 0 amide bonds. The van der Waals surface area contributed by atoms with Crippen LogP contribution in [0.3, 0.4) is 0 Å². The first-order valence-electron chi connectivity index (χ1n) is 5.87. The summed E-state index contributed by atoms with van der Waals surface area (Å²) < 4.78 is 0. The molecule has 1 aromatic heterocycles. The van der Waals surface area contributed by atoms with E-state index in [-0.39, 0.29) is 11.5 Å². The Labute approximate surface area is 108 Å². The van der Waals surface area contributed by atoms with Crippen LogP contribution in [0, 0.1) is 5.41 Å². The van der Waals surface area contributed by atoms with Gasteiger partial charge < -0.3 is 10.6 Å². The molecule has 0 spiro atoms. The zero-order chi connectivity index (χ0) is 13.1. The van der Waals surface area contributed by atoms with Crippen LogP contribution in [0.1, 0.15) is 34.6 Å². The van der Waals surface area contributed by atoms with E-state index in [1.165, 1.54) is 0 Å². The van der Waals surface area contributed by atoms with Crippen molar-refractivity contribution in [2.24, 2.45) is 5.41 Å². The van der Waals surface area contributed by atoms with Crippen molar-refractivity contribution in [3.05, 3.63) is 11.2 Å². The molecule has 1 unspecified atom stereocenters. The molecule has 1 aromatic rings. The second-order valence-electron chi connectivity index (χ2n) is 5.15. The summed E-state index contributed by atoms with van der Waals surface area (Å²) in [4.78, 5) is 8.45. The zero-order valence-electron chi connectivity index (χ0n) is 11.1. The molecule has 0 aromatic carbocycles. The van der Waals surface area contributed by atoms with Gasteiger partial charge in [-0.15, -0.1) is 0 Å². The summed E-state index contributed by atoms with van der Waals surface area (Å²) in [5.41, 5.74) is 0.145. The third-order valence-corrected chi connectivity index (χ3v) is 3.01. The maximum atomic E-state index is 6.08. The van der Waals surface area contributed by atoms with Gasteiger partial charge in [-0.3, -0.25) is 0 Å². The largest absolute Gasteiger partial charge is 0.366 e. The van der Waals surface area contributed by atoms with E-state index in [2.05, 4.69) is 48.3 Å². The molecule has 1 heterocycles. The number of nitrogens with one attached hydrogen (secondary N) is 2. The van der Waals surface area contributed by atoms with Gasteiger partial charge in [-0.2, -0.15) is 4.98 Å². The van der Waals surface area contributed by atoms with Gasteiger partial charge in [-0.1, -0.05) is 32.4 Å². The van der Waals surface area contributed by atoms with Crippen LogP contribution < -0.4 is 10.6 Å². The minimum Gasteiger partial charge on any atom is -0.366 e. The molecule has 1 rings (SSSR count). The van der Waals surface area contributed by atoms with Gasteiger partial charge in [0.2, 0.25) is 5.95 Å². The lowest BCUT2D eigenvalue weighted by atomic mass is 9.88. The molecule has 0 fully saturated rings. The predicted octanol–water partition coefficient (Wildman–Crippen LogP) is 3.41. The summed E-state index contributed by atoms with van der Waals surface area (Å²) in [5.74, 6) is 1.28. The Bertz CT molecular complexity index is 373. The van der Waals surface area contributed by atoms with Crippen LogP contribution in [0.4, 0.5) is 11.8 Å². The molecule has 1 atom stereocenters. The lowest BCUT2D eigenvalue weighted by Crippen LogP contribution is -2.31. The second kappa shape index (κ2) is 5.54. The number of hydrogen-bond donors (Lipinski definition) is 2. The quantitative estimate of drug-likeness (QED) is 0.867. The van der Waals surface area contributed by atoms with E-state index in [1.54, 1.807) is 6.20 Å². The molecule has 96 valence electrons. The van der Waals surface area contributed by atoms with Crippen molar-refractivity contribution >= 4 is 23.4 Å². The summed E-state index contributed by atoms with van der Waals surface area (Å²) in [6.07, 6.45) is 1.62. The molecule has 0 saturated heterocycles. The third kappa shape index (κ3) is 4.04. The van der Waals surface area contributed by atoms with Gasteiger partial charge in [-0.25, -0.2) is 4.98 Å². The lowest BCUT2D eigenvalue weighted by Gasteiger charge is -2.28. The molecule has 0 saturated carbocycles. The van der Waals surface area contributed by atoms with Crippen LogP contribution in [0.15, 0.2) is 6.20 Å². The number of hydrogen-bond acceptors (Lipinski definition) is 4. The Morgan fingerprint density at radius 3 is 2.59 bits per heavy atom. The van der Waals surface area contributed by atoms with Crippen LogP contribution in [0.5, 0.6) is 0 Å². The van der Waals surface area contributed by atoms with Crippen LogP contribution in [0.2, 0.25) is 5.02 Å². The van der Waals surface area contributed by atoms with Gasteiger partial charge in [-0.05, 0) is 19.3 Å². The number of anilines is 2. The third-order valence-electron chi connectivity index (χ3n) is 2.73. The SMILES string of the molecule is CCNc1ncc(Cl)c(NC(C)C(C)(C)C)n1. The molecule has 0 bridgehead atoms. The van der Waals surface area contributed by atoms with Gasteiger partial charge in [0.1, 0.15) is 5.02 Å². The summed E-state index contributed by atoms with van der Waals surface area (Å²) in [7, 11) is 0. The summed E-state index contributed by atoms with van der Waals surface area (Å²) in [6.45, 7) is 11.4. The maximum absolute atomic E-state index is 6.08. The number of aromatic nitrogens is 2. The molecule has 17 heavy (non-hydrogen) atoms. The fourth-order valence-corrected chi connectivity index (χ4v) is 1.28. The summed E-state index contributed by atoms with van der Waals surface area (Å²) in [5, 5.41) is 6.94. The van der Waals surface area contributed by atoms with Crippen molar-refractivity contribution < 1.29 is 0 Å². The van der Waals surface area contributed by atoms with Gasteiger partial charge in [0.05, 0.1) is 6.20 Å². The molecular formula is C12H21ClN4. The average molecular weight is 257 g/mol. The van der Waals surface area contributed by atoms with Crippen LogP contribution >= 0.6 is 11.6 Å². The van der Waals surface area contributed by atoms with E-state index < -0.39 is 0 Å². The van der Waals surface area contributed by atoms with E-state index in [0.717, 1.165) is 6.54 Å². The molecule has 0 aliphatic rings. The first-order valence-corrected chi connectivity index (χ1v) is 6.25. The molecule has 0 aliphatic carbocycles. The number of rotatable bonds is 4. The highest BCUT2D eigenvalue weighted by atomic mass is 35.5. The van der Waals surface area contributed by atoms with Crippen molar-refractivity contribution in [2.45, 2.75) is 40.7 Å². The minimum atomic E-state index is 0.145. The monoisotopic (exact) mass is 256 g/mol. The molecule has 4 nitrogen and oxygen atoms in total. The van der Waals surface area contributed by atoms with Gasteiger partial charge in [0.15, 0.2) is 5.82 Å². The van der Waals surface area contributed by atoms with Crippen molar-refractivity contribution in [1.29, 1.82) is 0 Å². The Kier molecular flexibility index (Phi) is 4.57. The van der Waals surface area contributed by atoms with E-state index in [9.17, 15) is 0 Å². The smallest absolute Gasteiger partial charge is 0.224 e. The van der Waals surface area contributed by atoms with Gasteiger partial charge in [0, 0.05) is 12.6 Å². The highest BCUT2D eigenvalue weighted by Crippen LogP contribution is 2.26. The normalized spacial score (nSPS) is 13.3. The minimum absolute atomic E-state index is 0.145. The number of halogens is 1. The first kappa shape index (κ1) is 14.0. The fourth-order valence-electron chi connectivity index (χ4n) is 1.13. The van der Waals surface area contributed by atoms with Crippen molar-refractivity contribution in [3.63, 3.8) is 0 Å². The lowest BCUT2D eigenvalue weighted by molar-refractivity contribution is 0.359. The standard InChI is InChI=1S/C12H21ClN4/c1-6-14-11-15-7-9(13)10(17-11)16-8(2)12(3,4)5/h7-8H,6H2,1-5H3,(H2,14,15,16,17). The summed E-state index contributed by atoms with van der Waals surface area (Å²) >= 11 is 6.08. The summed E-state index contributed by atoms with van der Waals surface area (Å²) in [6, 6.07) is 0.268. The first-order chi connectivity index (χ1) is 7.84. The highest BCUT2D eigenvalue weighted by Gasteiger charge is 2.21. The topological polar surface area (TPSA) is 49.8 Å². The van der Waals surface area contributed by atoms with Crippen molar-refractivity contribution in [1.82, 2.24) is 9.97 Å².